The van der Waals surface area contributed by atoms with Crippen LogP contribution in [0.4, 0.5) is 0 Å². The van der Waals surface area contributed by atoms with Gasteiger partial charge in [-0.05, 0) is 76.1 Å². The highest BCUT2D eigenvalue weighted by atomic mass is 79.9. The summed E-state index contributed by atoms with van der Waals surface area (Å²) in [6.45, 7) is 0.280. The number of hydrogen-bond donors (Lipinski definition) is 0. The Morgan fingerprint density at radius 3 is 2.59 bits per heavy atom. The van der Waals surface area contributed by atoms with Crippen molar-refractivity contribution in [3.05, 3.63) is 121 Å². The Kier molecular flexibility index (Phi) is 7.53. The van der Waals surface area contributed by atoms with Gasteiger partial charge in [0.05, 0.1) is 34.1 Å². The first kappa shape index (κ1) is 27.1. The van der Waals surface area contributed by atoms with E-state index in [1.165, 1.54) is 10.9 Å². The van der Waals surface area contributed by atoms with Gasteiger partial charge in [0.15, 0.2) is 5.76 Å². The maximum atomic E-state index is 13.7. The van der Waals surface area contributed by atoms with E-state index in [0.717, 1.165) is 10.9 Å². The number of para-hydroxylation sites is 1. The van der Waals surface area contributed by atoms with Gasteiger partial charge >= 0.3 is 0 Å². The molecule has 2 aromatic heterocycles. The van der Waals surface area contributed by atoms with Crippen molar-refractivity contribution in [3.8, 4) is 23.1 Å². The molecule has 0 radical (unpaired) electrons. The number of ether oxygens (including phenoxy) is 2. The van der Waals surface area contributed by atoms with Crippen LogP contribution < -0.4 is 15.0 Å². The van der Waals surface area contributed by atoms with E-state index >= 15 is 0 Å². The van der Waals surface area contributed by atoms with Crippen LogP contribution in [-0.4, -0.2) is 23.0 Å². The Bertz CT molecular complexity index is 2000. The first-order valence-electron chi connectivity index (χ1n) is 12.4. The maximum Gasteiger partial charge on any atom is 0.282 e. The lowest BCUT2D eigenvalue weighted by Crippen LogP contribution is -2.20. The molecule has 0 N–H and O–H groups in total. The van der Waals surface area contributed by atoms with Gasteiger partial charge in [0.25, 0.3) is 5.56 Å². The summed E-state index contributed by atoms with van der Waals surface area (Å²) in [4.78, 5) is 18.5. The fourth-order valence-corrected chi connectivity index (χ4v) is 5.47. The van der Waals surface area contributed by atoms with Gasteiger partial charge in [0, 0.05) is 15.6 Å². The van der Waals surface area contributed by atoms with Crippen molar-refractivity contribution in [3.63, 3.8) is 0 Å². The number of aromatic nitrogens is 2. The van der Waals surface area contributed by atoms with Gasteiger partial charge in [0.1, 0.15) is 23.7 Å². The summed E-state index contributed by atoms with van der Waals surface area (Å²) in [6.07, 6.45) is 1.51. The lowest BCUT2D eigenvalue weighted by atomic mass is 10.2. The van der Waals surface area contributed by atoms with Crippen molar-refractivity contribution >= 4 is 67.2 Å². The molecule has 2 heterocycles. The van der Waals surface area contributed by atoms with Gasteiger partial charge in [-0.15, -0.1) is 0 Å². The highest BCUT2D eigenvalue weighted by molar-refractivity contribution is 9.10. The summed E-state index contributed by atoms with van der Waals surface area (Å²) in [5.41, 5.74) is 2.23. The monoisotopic (exact) mass is 647 g/mol. The smallest absolute Gasteiger partial charge is 0.282 e. The zero-order valence-corrected chi connectivity index (χ0v) is 24.6. The summed E-state index contributed by atoms with van der Waals surface area (Å²) in [6, 6.07) is 25.2. The summed E-state index contributed by atoms with van der Waals surface area (Å²) in [7, 11) is 1.59. The summed E-state index contributed by atoms with van der Waals surface area (Å²) < 4.78 is 19.6. The van der Waals surface area contributed by atoms with Crippen molar-refractivity contribution in [2.75, 3.05) is 7.11 Å². The minimum Gasteiger partial charge on any atom is -0.496 e. The minimum absolute atomic E-state index is 0.230. The molecule has 0 atom stereocenters. The first-order valence-corrected chi connectivity index (χ1v) is 14.0. The second kappa shape index (κ2) is 11.4. The Balaban J connectivity index is 1.47. The van der Waals surface area contributed by atoms with Crippen molar-refractivity contribution in [1.82, 2.24) is 9.66 Å². The number of fused-ring (bicyclic) bond motifs is 2. The molecule has 0 saturated heterocycles. The summed E-state index contributed by atoms with van der Waals surface area (Å²) in [5.74, 6) is 1.73. The standard InChI is InChI=1S/C31H20BrCl2N3O4/c1-39-26-7-4-8-27-23(26)15-28(41-27)30-36-25-6-3-2-5-22(25)31(38)37(30)35-16-19-13-21(34)14-24(32)29(19)40-17-18-9-11-20(33)12-10-18/h2-16H,17H2,1H3. The van der Waals surface area contributed by atoms with E-state index in [9.17, 15) is 4.79 Å². The van der Waals surface area contributed by atoms with Gasteiger partial charge in [-0.25, -0.2) is 4.98 Å². The second-order valence-corrected chi connectivity index (χ2v) is 10.7. The number of rotatable bonds is 7. The molecule has 0 aliphatic rings. The first-order chi connectivity index (χ1) is 19.9. The van der Waals surface area contributed by atoms with E-state index in [2.05, 4.69) is 21.0 Å². The van der Waals surface area contributed by atoms with Crippen LogP contribution in [0.25, 0.3) is 33.5 Å². The van der Waals surface area contributed by atoms with E-state index in [-0.39, 0.29) is 18.0 Å². The molecular weight excluding hydrogens is 629 g/mol. The molecule has 0 aliphatic carbocycles. The van der Waals surface area contributed by atoms with Crippen molar-refractivity contribution in [1.29, 1.82) is 0 Å². The quantitative estimate of drug-likeness (QED) is 0.163. The fourth-order valence-electron chi connectivity index (χ4n) is 4.40. The van der Waals surface area contributed by atoms with Crippen LogP contribution >= 0.6 is 39.1 Å². The maximum absolute atomic E-state index is 13.7. The van der Waals surface area contributed by atoms with E-state index in [1.807, 2.05) is 36.4 Å². The van der Waals surface area contributed by atoms with Crippen LogP contribution in [-0.2, 0) is 6.61 Å². The molecule has 0 saturated carbocycles. The number of methoxy groups -OCH3 is 1. The zero-order chi connectivity index (χ0) is 28.5. The summed E-state index contributed by atoms with van der Waals surface area (Å²) >= 11 is 15.9. The molecule has 6 aromatic rings. The van der Waals surface area contributed by atoms with Crippen LogP contribution in [0.3, 0.4) is 0 Å². The van der Waals surface area contributed by atoms with E-state index in [0.29, 0.717) is 53.8 Å². The number of halogens is 3. The molecule has 0 spiro atoms. The third-order valence-electron chi connectivity index (χ3n) is 6.36. The van der Waals surface area contributed by atoms with E-state index < -0.39 is 0 Å². The third-order valence-corrected chi connectivity index (χ3v) is 7.42. The molecule has 7 nitrogen and oxygen atoms in total. The molecule has 0 amide bonds. The van der Waals surface area contributed by atoms with Gasteiger partial charge < -0.3 is 13.9 Å². The normalized spacial score (nSPS) is 11.5. The largest absolute Gasteiger partial charge is 0.496 e. The Morgan fingerprint density at radius 2 is 1.78 bits per heavy atom. The predicted octanol–water partition coefficient (Wildman–Crippen LogP) is 8.35. The number of furan rings is 1. The molecule has 204 valence electrons. The molecule has 0 bridgehead atoms. The average Bonchev–Trinajstić information content (AvgIpc) is 3.41. The minimum atomic E-state index is -0.362. The molecule has 4 aromatic carbocycles. The van der Waals surface area contributed by atoms with Crippen molar-refractivity contribution in [2.45, 2.75) is 6.61 Å². The second-order valence-electron chi connectivity index (χ2n) is 9.02. The fraction of sp³-hybridized carbons (Fsp3) is 0.0645. The van der Waals surface area contributed by atoms with E-state index in [1.54, 1.807) is 55.6 Å². The van der Waals surface area contributed by atoms with Crippen LogP contribution in [0.5, 0.6) is 11.5 Å². The summed E-state index contributed by atoms with van der Waals surface area (Å²) in [5, 5.41) is 6.84. The van der Waals surface area contributed by atoms with Crippen molar-refractivity contribution < 1.29 is 13.9 Å². The Morgan fingerprint density at radius 1 is 0.976 bits per heavy atom. The highest BCUT2D eigenvalue weighted by Crippen LogP contribution is 2.34. The van der Waals surface area contributed by atoms with Gasteiger partial charge in [-0.2, -0.15) is 9.78 Å². The van der Waals surface area contributed by atoms with Crippen LogP contribution in [0.2, 0.25) is 10.0 Å². The van der Waals surface area contributed by atoms with Crippen LogP contribution in [0, 0.1) is 0 Å². The molecule has 0 aliphatic heterocycles. The van der Waals surface area contributed by atoms with Crippen LogP contribution in [0.15, 0.2) is 104 Å². The number of hydrogen-bond acceptors (Lipinski definition) is 6. The molecular formula is C31H20BrCl2N3O4. The highest BCUT2D eigenvalue weighted by Gasteiger charge is 2.18. The zero-order valence-electron chi connectivity index (χ0n) is 21.5. The predicted molar refractivity (Wildman–Crippen MR) is 166 cm³/mol. The Labute approximate surface area is 252 Å². The topological polar surface area (TPSA) is 78.9 Å². The molecule has 0 fully saturated rings. The third kappa shape index (κ3) is 5.46. The molecule has 41 heavy (non-hydrogen) atoms. The average molecular weight is 649 g/mol. The van der Waals surface area contributed by atoms with Gasteiger partial charge in [-0.3, -0.25) is 4.79 Å². The lowest BCUT2D eigenvalue weighted by molar-refractivity contribution is 0.304. The molecule has 0 unspecified atom stereocenters. The van der Waals surface area contributed by atoms with Gasteiger partial charge in [-0.1, -0.05) is 53.5 Å². The Hall–Kier alpha value is -4.11. The number of benzene rings is 4. The lowest BCUT2D eigenvalue weighted by Gasteiger charge is -2.12. The van der Waals surface area contributed by atoms with Gasteiger partial charge in [0.2, 0.25) is 5.82 Å². The van der Waals surface area contributed by atoms with Crippen molar-refractivity contribution in [2.24, 2.45) is 5.10 Å². The number of nitrogens with zero attached hydrogens (tertiary/aromatic N) is 3. The van der Waals surface area contributed by atoms with E-state index in [4.69, 9.17) is 42.1 Å². The molecule has 6 rings (SSSR count). The SMILES string of the molecule is COc1cccc2oc(-c3nc4ccccc4c(=O)n3N=Cc3cc(Cl)cc(Br)c3OCc3ccc(Cl)cc3)cc12. The molecule has 10 heteroatoms. The van der Waals surface area contributed by atoms with Crippen LogP contribution in [0.1, 0.15) is 11.1 Å².